The van der Waals surface area contributed by atoms with Gasteiger partial charge in [-0.15, -0.1) is 0 Å². The molecule has 1 rings (SSSR count). The molecule has 0 amide bonds. The summed E-state index contributed by atoms with van der Waals surface area (Å²) < 4.78 is 5.14. The fourth-order valence-electron chi connectivity index (χ4n) is 1.09. The van der Waals surface area contributed by atoms with Crippen LogP contribution in [0.4, 0.5) is 0 Å². The van der Waals surface area contributed by atoms with Gasteiger partial charge in [-0.1, -0.05) is 0 Å². The molecule has 0 spiro atoms. The third kappa shape index (κ3) is 5.70. The van der Waals surface area contributed by atoms with E-state index in [1.807, 2.05) is 0 Å². The average Bonchev–Trinajstić information content (AvgIpc) is 2.40. The molecule has 1 fully saturated rings. The van der Waals surface area contributed by atoms with E-state index in [1.165, 1.54) is 13.0 Å². The number of likely N-dealkylation sites (N-methyl/N-ethyl adjacent to an activating group) is 1. The zero-order chi connectivity index (χ0) is 7.98. The summed E-state index contributed by atoms with van der Waals surface area (Å²) in [6.45, 7) is 2.30. The number of hydrogen-bond donors (Lipinski definition) is 1. The second-order valence-corrected chi connectivity index (χ2v) is 2.41. The van der Waals surface area contributed by atoms with Gasteiger partial charge in [0, 0.05) is 45.9 Å². The Morgan fingerprint density at radius 1 is 1.45 bits per heavy atom. The molecule has 1 saturated heterocycles. The van der Waals surface area contributed by atoms with Gasteiger partial charge in [-0.3, -0.25) is 0 Å². The number of rotatable bonds is 1. The van der Waals surface area contributed by atoms with E-state index in [4.69, 9.17) is 9.84 Å². The van der Waals surface area contributed by atoms with Crippen LogP contribution in [0.2, 0.25) is 0 Å². The van der Waals surface area contributed by atoms with E-state index in [9.17, 15) is 0 Å². The van der Waals surface area contributed by atoms with Crippen molar-refractivity contribution in [3.05, 3.63) is 0 Å². The van der Waals surface area contributed by atoms with Gasteiger partial charge in [0.2, 0.25) is 0 Å². The maximum Gasteiger partial charge on any atom is 0.0710 e. The van der Waals surface area contributed by atoms with Crippen molar-refractivity contribution in [3.63, 3.8) is 0 Å². The van der Waals surface area contributed by atoms with Crippen molar-refractivity contribution in [1.29, 1.82) is 0 Å². The Bertz CT molecular complexity index is 82.8. The molecular formula is C7H17NO2V. The van der Waals surface area contributed by atoms with Crippen molar-refractivity contribution in [2.45, 2.75) is 12.5 Å². The largest absolute Gasteiger partial charge is 0.400 e. The van der Waals surface area contributed by atoms with E-state index in [1.54, 1.807) is 7.11 Å². The van der Waals surface area contributed by atoms with Gasteiger partial charge >= 0.3 is 0 Å². The van der Waals surface area contributed by atoms with Crippen LogP contribution in [0, 0.1) is 0 Å². The maximum absolute atomic E-state index is 7.00. The summed E-state index contributed by atoms with van der Waals surface area (Å²) in [5.74, 6) is 0. The van der Waals surface area contributed by atoms with E-state index in [0.29, 0.717) is 6.10 Å². The molecule has 0 bridgehead atoms. The number of aliphatic hydroxyl groups is 1. The Labute approximate surface area is 80.6 Å². The summed E-state index contributed by atoms with van der Waals surface area (Å²) in [5, 5.41) is 7.00. The van der Waals surface area contributed by atoms with Crippen molar-refractivity contribution in [2.24, 2.45) is 0 Å². The molecule has 4 heteroatoms. The van der Waals surface area contributed by atoms with E-state index in [0.717, 1.165) is 13.7 Å². The molecule has 0 aromatic carbocycles. The number of aliphatic hydroxyl groups excluding tert-OH is 1. The van der Waals surface area contributed by atoms with E-state index >= 15 is 0 Å². The van der Waals surface area contributed by atoms with Crippen LogP contribution in [0.1, 0.15) is 6.42 Å². The molecule has 0 aromatic heterocycles. The molecule has 0 aliphatic carbocycles. The van der Waals surface area contributed by atoms with Crippen LogP contribution in [0.15, 0.2) is 0 Å². The Hall–Kier alpha value is 0.464. The predicted octanol–water partition coefficient (Wildman–Crippen LogP) is -0.0571. The zero-order valence-corrected chi connectivity index (χ0v) is 8.85. The number of methoxy groups -OCH3 is 1. The monoisotopic (exact) mass is 198 g/mol. The molecule has 1 heterocycles. The van der Waals surface area contributed by atoms with E-state index in [-0.39, 0.29) is 18.6 Å². The summed E-state index contributed by atoms with van der Waals surface area (Å²) >= 11 is 0. The predicted molar refractivity (Wildman–Crippen MR) is 41.1 cm³/mol. The van der Waals surface area contributed by atoms with Gasteiger partial charge in [0.25, 0.3) is 0 Å². The molecule has 1 atom stereocenters. The zero-order valence-electron chi connectivity index (χ0n) is 7.45. The Balaban J connectivity index is 0. The minimum absolute atomic E-state index is 0. The number of nitrogens with zero attached hydrogens (tertiary/aromatic N) is 1. The van der Waals surface area contributed by atoms with Gasteiger partial charge < -0.3 is 14.7 Å². The van der Waals surface area contributed by atoms with E-state index in [2.05, 4.69) is 11.9 Å². The fourth-order valence-corrected chi connectivity index (χ4v) is 1.09. The van der Waals surface area contributed by atoms with Crippen molar-refractivity contribution >= 4 is 0 Å². The minimum atomic E-state index is 0. The molecule has 1 aliphatic heterocycles. The second kappa shape index (κ2) is 8.56. The quantitative estimate of drug-likeness (QED) is 0.640. The molecule has 1 radical (unpaired) electrons. The fraction of sp³-hybridized carbons (Fsp3) is 1.00. The molecular weight excluding hydrogens is 181 g/mol. The molecule has 0 aromatic rings. The first kappa shape index (κ1) is 14.0. The molecule has 3 nitrogen and oxygen atoms in total. The van der Waals surface area contributed by atoms with Crippen LogP contribution in [0.5, 0.6) is 0 Å². The first-order chi connectivity index (χ1) is 4.83. The smallest absolute Gasteiger partial charge is 0.0710 e. The van der Waals surface area contributed by atoms with E-state index < -0.39 is 0 Å². The Morgan fingerprint density at radius 3 is 2.18 bits per heavy atom. The van der Waals surface area contributed by atoms with Crippen molar-refractivity contribution in [1.82, 2.24) is 4.90 Å². The third-order valence-corrected chi connectivity index (χ3v) is 1.68. The molecule has 0 saturated carbocycles. The Morgan fingerprint density at radius 2 is 2.00 bits per heavy atom. The molecule has 1 N–H and O–H groups in total. The van der Waals surface area contributed by atoms with Gasteiger partial charge in [-0.2, -0.15) is 0 Å². The van der Waals surface area contributed by atoms with Gasteiger partial charge in [0.15, 0.2) is 0 Å². The molecule has 67 valence electrons. The average molecular weight is 198 g/mol. The summed E-state index contributed by atoms with van der Waals surface area (Å²) in [6, 6.07) is 0. The first-order valence-corrected chi connectivity index (χ1v) is 3.49. The molecule has 11 heavy (non-hydrogen) atoms. The molecule has 1 unspecified atom stereocenters. The SMILES string of the molecule is CO.COC1CCN(C)C1.[V]. The topological polar surface area (TPSA) is 32.7 Å². The van der Waals surface area contributed by atoms with Crippen LogP contribution in [-0.4, -0.2) is 50.5 Å². The number of hydrogen-bond acceptors (Lipinski definition) is 3. The van der Waals surface area contributed by atoms with Crippen molar-refractivity contribution < 1.29 is 28.4 Å². The molecule has 1 aliphatic rings. The number of ether oxygens (including phenoxy) is 1. The van der Waals surface area contributed by atoms with Gasteiger partial charge in [-0.25, -0.2) is 0 Å². The van der Waals surface area contributed by atoms with Crippen LogP contribution in [-0.2, 0) is 23.3 Å². The van der Waals surface area contributed by atoms with Crippen LogP contribution >= 0.6 is 0 Å². The summed E-state index contributed by atoms with van der Waals surface area (Å²) in [4.78, 5) is 2.29. The van der Waals surface area contributed by atoms with Gasteiger partial charge in [-0.05, 0) is 13.5 Å². The second-order valence-electron chi connectivity index (χ2n) is 2.41. The Kier molecular flexibility index (Phi) is 10.9. The van der Waals surface area contributed by atoms with Gasteiger partial charge in [0.1, 0.15) is 0 Å². The minimum Gasteiger partial charge on any atom is -0.400 e. The van der Waals surface area contributed by atoms with Crippen LogP contribution < -0.4 is 0 Å². The van der Waals surface area contributed by atoms with Crippen LogP contribution in [0.25, 0.3) is 0 Å². The van der Waals surface area contributed by atoms with Crippen molar-refractivity contribution in [3.8, 4) is 0 Å². The summed E-state index contributed by atoms with van der Waals surface area (Å²) in [7, 11) is 4.91. The standard InChI is InChI=1S/C6H13NO.CH4O.V/c1-7-4-3-6(5-7)8-2;1-2;/h6H,3-5H2,1-2H3;2H,1H3;. The van der Waals surface area contributed by atoms with Crippen LogP contribution in [0.3, 0.4) is 0 Å². The summed E-state index contributed by atoms with van der Waals surface area (Å²) in [6.07, 6.45) is 1.70. The number of likely N-dealkylation sites (tertiary alicyclic amines) is 1. The summed E-state index contributed by atoms with van der Waals surface area (Å²) in [5.41, 5.74) is 0. The maximum atomic E-state index is 7.00. The first-order valence-electron chi connectivity index (χ1n) is 3.49. The normalized spacial score (nSPS) is 23.5. The third-order valence-electron chi connectivity index (χ3n) is 1.68. The van der Waals surface area contributed by atoms with Crippen molar-refractivity contribution in [2.75, 3.05) is 34.4 Å². The van der Waals surface area contributed by atoms with Gasteiger partial charge in [0.05, 0.1) is 6.10 Å².